The normalized spacial score (nSPS) is 18.9. The third-order valence-electron chi connectivity index (χ3n) is 5.54. The van der Waals surface area contributed by atoms with Gasteiger partial charge in [-0.05, 0) is 37.3 Å². The molecule has 1 amide bonds. The highest BCUT2D eigenvalue weighted by Gasteiger charge is 2.36. The first-order valence-corrected chi connectivity index (χ1v) is 15.7. The van der Waals surface area contributed by atoms with Crippen molar-refractivity contribution in [1.29, 1.82) is 0 Å². The smallest absolute Gasteiger partial charge is 0.259 e. The van der Waals surface area contributed by atoms with Crippen LogP contribution < -0.4 is 16.3 Å². The molecule has 5 N–H and O–H groups in total. The highest BCUT2D eigenvalue weighted by molar-refractivity contribution is 7.99. The van der Waals surface area contributed by atoms with E-state index in [2.05, 4.69) is 0 Å². The lowest BCUT2D eigenvalue weighted by atomic mass is 10.1. The molecule has 0 spiro atoms. The van der Waals surface area contributed by atoms with Crippen LogP contribution in [0, 0.1) is 11.6 Å². The minimum absolute atomic E-state index is 0.0247. The summed E-state index contributed by atoms with van der Waals surface area (Å²) in [5, 5.41) is 1.02. The predicted octanol–water partition coefficient (Wildman–Crippen LogP) is 3.74. The van der Waals surface area contributed by atoms with E-state index in [1.165, 1.54) is 18.0 Å². The van der Waals surface area contributed by atoms with E-state index in [4.69, 9.17) is 60.6 Å². The Balaban J connectivity index is 1.89. The fourth-order valence-corrected chi connectivity index (χ4v) is 5.50. The van der Waals surface area contributed by atoms with Crippen LogP contribution >= 0.6 is 46.6 Å². The summed E-state index contributed by atoms with van der Waals surface area (Å²) < 4.78 is 70.1. The monoisotopic (exact) mass is 674 g/mol. The second-order valence-electron chi connectivity index (χ2n) is 8.96. The number of sulfonamides is 1. The number of amides is 1. The highest BCUT2D eigenvalue weighted by Crippen LogP contribution is 2.35. The minimum atomic E-state index is -3.84. The van der Waals surface area contributed by atoms with Gasteiger partial charge in [-0.1, -0.05) is 46.6 Å². The highest BCUT2D eigenvalue weighted by atomic mass is 35.5. The number of nitrogens with zero attached hydrogens (tertiary/aromatic N) is 1. The van der Waals surface area contributed by atoms with E-state index in [1.807, 2.05) is 11.6 Å². The summed E-state index contributed by atoms with van der Waals surface area (Å²) in [7, 11) is -3.84. The van der Waals surface area contributed by atoms with Crippen molar-refractivity contribution in [3.05, 3.63) is 68.8 Å². The summed E-state index contributed by atoms with van der Waals surface area (Å²) in [6.07, 6.45) is 0.452. The largest absolute Gasteiger partial charge is 0.397 e. The molecule has 10 nitrogen and oxygen atoms in total. The number of ether oxygens (including phenoxy) is 3. The third-order valence-corrected chi connectivity index (χ3v) is 8.41. The van der Waals surface area contributed by atoms with Crippen LogP contribution in [-0.4, -0.2) is 69.1 Å². The van der Waals surface area contributed by atoms with E-state index in [0.29, 0.717) is 21.5 Å². The fraction of sp³-hybridized carbons (Fsp3) is 0.375. The lowest BCUT2D eigenvalue weighted by Crippen LogP contribution is -2.50. The van der Waals surface area contributed by atoms with Crippen LogP contribution in [0.2, 0.25) is 15.1 Å². The second-order valence-corrected chi connectivity index (χ2v) is 13.1. The first-order chi connectivity index (χ1) is 19.1. The number of benzene rings is 2. The van der Waals surface area contributed by atoms with E-state index in [0.717, 1.165) is 23.4 Å². The molecule has 41 heavy (non-hydrogen) atoms. The number of nitrogens with two attached hydrogens (primary N) is 2. The van der Waals surface area contributed by atoms with Gasteiger partial charge in [0, 0.05) is 16.7 Å². The Labute approximate surface area is 255 Å². The standard InChI is InChI=1S/C24H27Cl3F2N4O6S2/c1-12-21(10-37-12)39-24(40-14-3-4-15(25)16(26)7-14)20(38-11-22(34)32-41(2,35)36)9-33(31)8-19(30)13-5-17(28)23(27)18(29)6-13/h3-8,12,20-21,24H,9-11,30-31H2,1-2H3,(H,32,34)/b19-8-/t12?,20-,21?,24?/m0/s1. The van der Waals surface area contributed by atoms with Gasteiger partial charge in [0.25, 0.3) is 5.91 Å². The molecule has 2 aromatic carbocycles. The Hall–Kier alpha value is -1.88. The molecule has 0 bridgehead atoms. The molecule has 1 aliphatic heterocycles. The number of rotatable bonds is 13. The molecule has 17 heteroatoms. The molecule has 4 atom stereocenters. The molecule has 1 fully saturated rings. The van der Waals surface area contributed by atoms with Gasteiger partial charge in [-0.15, -0.1) is 0 Å². The van der Waals surface area contributed by atoms with Crippen molar-refractivity contribution in [2.45, 2.75) is 35.6 Å². The molecule has 0 saturated carbocycles. The molecular weight excluding hydrogens is 649 g/mol. The molecule has 1 saturated heterocycles. The van der Waals surface area contributed by atoms with Crippen LogP contribution in [0.4, 0.5) is 8.78 Å². The topological polar surface area (TPSA) is 146 Å². The van der Waals surface area contributed by atoms with Crippen LogP contribution in [0.3, 0.4) is 0 Å². The zero-order chi connectivity index (χ0) is 30.5. The summed E-state index contributed by atoms with van der Waals surface area (Å²) in [6.45, 7) is 1.27. The Morgan fingerprint density at radius 3 is 2.44 bits per heavy atom. The average Bonchev–Trinajstić information content (AvgIpc) is 2.87. The van der Waals surface area contributed by atoms with Crippen LogP contribution in [0.5, 0.6) is 0 Å². The minimum Gasteiger partial charge on any atom is -0.397 e. The molecule has 1 aliphatic rings. The van der Waals surface area contributed by atoms with E-state index in [-0.39, 0.29) is 30.0 Å². The van der Waals surface area contributed by atoms with Gasteiger partial charge < -0.3 is 25.0 Å². The zero-order valence-electron chi connectivity index (χ0n) is 21.7. The Morgan fingerprint density at radius 1 is 1.24 bits per heavy atom. The summed E-state index contributed by atoms with van der Waals surface area (Å²) in [6, 6.07) is 6.79. The Morgan fingerprint density at radius 2 is 1.90 bits per heavy atom. The number of thioether (sulfide) groups is 1. The lowest BCUT2D eigenvalue weighted by molar-refractivity contribution is -0.200. The van der Waals surface area contributed by atoms with E-state index >= 15 is 0 Å². The van der Waals surface area contributed by atoms with Crippen molar-refractivity contribution in [3.8, 4) is 0 Å². The van der Waals surface area contributed by atoms with Gasteiger partial charge in [-0.3, -0.25) is 9.52 Å². The van der Waals surface area contributed by atoms with E-state index in [1.54, 1.807) is 18.2 Å². The molecule has 0 aliphatic carbocycles. The fourth-order valence-electron chi connectivity index (χ4n) is 3.44. The van der Waals surface area contributed by atoms with Crippen LogP contribution in [-0.2, 0) is 29.0 Å². The van der Waals surface area contributed by atoms with Gasteiger partial charge in [0.15, 0.2) is 0 Å². The van der Waals surface area contributed by atoms with Gasteiger partial charge in [-0.2, -0.15) is 0 Å². The molecular formula is C24H27Cl3F2N4O6S2. The van der Waals surface area contributed by atoms with Gasteiger partial charge in [-0.25, -0.2) is 23.0 Å². The summed E-state index contributed by atoms with van der Waals surface area (Å²) in [5.41, 5.74) is 5.05. The molecule has 226 valence electrons. The first kappa shape index (κ1) is 33.6. The number of halogens is 5. The van der Waals surface area contributed by atoms with Gasteiger partial charge >= 0.3 is 0 Å². The maximum atomic E-state index is 14.0. The molecule has 0 radical (unpaired) electrons. The first-order valence-electron chi connectivity index (χ1n) is 11.8. The second kappa shape index (κ2) is 14.5. The number of nitrogens with one attached hydrogen (secondary N) is 1. The summed E-state index contributed by atoms with van der Waals surface area (Å²) in [5.74, 6) is 3.21. The van der Waals surface area contributed by atoms with Crippen molar-refractivity contribution in [1.82, 2.24) is 9.73 Å². The molecule has 3 unspecified atom stereocenters. The van der Waals surface area contributed by atoms with Crippen molar-refractivity contribution >= 4 is 68.2 Å². The summed E-state index contributed by atoms with van der Waals surface area (Å²) in [4.78, 5) is 12.9. The van der Waals surface area contributed by atoms with Crippen molar-refractivity contribution < 1.29 is 36.2 Å². The predicted molar refractivity (Wildman–Crippen MR) is 154 cm³/mol. The Bertz CT molecular complexity index is 1380. The van der Waals surface area contributed by atoms with Crippen LogP contribution in [0.1, 0.15) is 12.5 Å². The molecule has 3 rings (SSSR count). The SMILES string of the molecule is CC1OCC1OC(Sc1ccc(Cl)c(Cl)c1)[C@H](CN(N)/C=C(\N)c1cc(F)c(Cl)c(F)c1)OCC(=O)NS(C)(=O)=O. The Kier molecular flexibility index (Phi) is 11.9. The van der Waals surface area contributed by atoms with Crippen molar-refractivity contribution in [3.63, 3.8) is 0 Å². The van der Waals surface area contributed by atoms with Crippen molar-refractivity contribution in [2.24, 2.45) is 11.6 Å². The zero-order valence-corrected chi connectivity index (χ0v) is 25.6. The van der Waals surface area contributed by atoms with Gasteiger partial charge in [0.2, 0.25) is 10.0 Å². The van der Waals surface area contributed by atoms with Gasteiger partial charge in [0.1, 0.15) is 40.9 Å². The van der Waals surface area contributed by atoms with Crippen LogP contribution in [0.15, 0.2) is 41.4 Å². The number of hydrogen-bond donors (Lipinski definition) is 3. The van der Waals surface area contributed by atoms with Crippen LogP contribution in [0.25, 0.3) is 5.70 Å². The molecule has 0 aromatic heterocycles. The number of hydrogen-bond acceptors (Lipinski definition) is 10. The maximum absolute atomic E-state index is 14.0. The average molecular weight is 676 g/mol. The third kappa shape index (κ3) is 10.1. The lowest BCUT2D eigenvalue weighted by Gasteiger charge is -2.39. The summed E-state index contributed by atoms with van der Waals surface area (Å²) >= 11 is 19.0. The number of hydrazine groups is 1. The van der Waals surface area contributed by atoms with E-state index in [9.17, 15) is 22.0 Å². The van der Waals surface area contributed by atoms with E-state index < -0.39 is 50.7 Å². The number of carbonyl (C=O) groups excluding carboxylic acids is 1. The van der Waals surface area contributed by atoms with Gasteiger partial charge in [0.05, 0.1) is 41.3 Å². The quantitative estimate of drug-likeness (QED) is 0.0944. The molecule has 1 heterocycles. The van der Waals surface area contributed by atoms with Crippen molar-refractivity contribution in [2.75, 3.05) is 26.0 Å². The molecule has 2 aromatic rings. The number of carbonyl (C=O) groups is 1. The maximum Gasteiger partial charge on any atom is 0.259 e.